The first-order chi connectivity index (χ1) is 17.6. The molecule has 2 rings (SSSR count). The minimum atomic E-state index is -0.896. The fourth-order valence-corrected chi connectivity index (χ4v) is 4.76. The molecular weight excluding hydrogens is 444 g/mol. The fraction of sp³-hybridized carbons (Fsp3) is 0.606. The third kappa shape index (κ3) is 12.7. The number of rotatable bonds is 21. The first-order valence-corrected chi connectivity index (χ1v) is 14.7. The number of benzene rings is 2. The van der Waals surface area contributed by atoms with Crippen LogP contribution < -0.4 is 0 Å². The Morgan fingerprint density at radius 1 is 0.639 bits per heavy atom. The van der Waals surface area contributed by atoms with E-state index in [-0.39, 0.29) is 6.10 Å². The first-order valence-electron chi connectivity index (χ1n) is 14.7. The van der Waals surface area contributed by atoms with Crippen molar-refractivity contribution in [3.8, 4) is 11.1 Å². The number of ether oxygens (including phenoxy) is 1. The van der Waals surface area contributed by atoms with Gasteiger partial charge in [-0.15, -0.1) is 0 Å². The van der Waals surface area contributed by atoms with Crippen molar-refractivity contribution in [3.05, 3.63) is 59.7 Å². The highest BCUT2D eigenvalue weighted by molar-refractivity contribution is 5.88. The summed E-state index contributed by atoms with van der Waals surface area (Å²) in [6, 6.07) is 15.4. The molecule has 200 valence electrons. The molecule has 3 nitrogen and oxygen atoms in total. The van der Waals surface area contributed by atoms with E-state index in [2.05, 4.69) is 38.1 Å². The van der Waals surface area contributed by atoms with E-state index >= 15 is 0 Å². The predicted octanol–water partition coefficient (Wildman–Crippen LogP) is 10.4. The van der Waals surface area contributed by atoms with Crippen LogP contribution in [-0.4, -0.2) is 17.7 Å². The second-order valence-electron chi connectivity index (χ2n) is 10.3. The normalized spacial score (nSPS) is 12.1. The van der Waals surface area contributed by atoms with Crippen molar-refractivity contribution in [1.82, 2.24) is 0 Å². The van der Waals surface area contributed by atoms with Gasteiger partial charge in [0.2, 0.25) is 0 Å². The third-order valence-electron chi connectivity index (χ3n) is 7.21. The molecule has 0 bridgehead atoms. The summed E-state index contributed by atoms with van der Waals surface area (Å²) >= 11 is 0. The second kappa shape index (κ2) is 19.0. The van der Waals surface area contributed by atoms with Crippen LogP contribution in [-0.2, 0) is 4.74 Å². The van der Waals surface area contributed by atoms with Crippen molar-refractivity contribution in [2.45, 2.75) is 123 Å². The number of carboxylic acids is 1. The molecular formula is C33H50O3. The molecule has 0 saturated heterocycles. The number of hydrogen-bond donors (Lipinski definition) is 1. The third-order valence-corrected chi connectivity index (χ3v) is 7.21. The summed E-state index contributed by atoms with van der Waals surface area (Å²) in [5.74, 6) is -0.896. The highest BCUT2D eigenvalue weighted by Crippen LogP contribution is 2.24. The maximum Gasteiger partial charge on any atom is 0.335 e. The van der Waals surface area contributed by atoms with Gasteiger partial charge in [-0.1, -0.05) is 140 Å². The Morgan fingerprint density at radius 2 is 1.03 bits per heavy atom. The number of hydrogen-bond acceptors (Lipinski definition) is 2. The predicted molar refractivity (Wildman–Crippen MR) is 153 cm³/mol. The zero-order valence-electron chi connectivity index (χ0n) is 23.0. The topological polar surface area (TPSA) is 46.5 Å². The van der Waals surface area contributed by atoms with Crippen molar-refractivity contribution in [2.24, 2.45) is 0 Å². The van der Waals surface area contributed by atoms with E-state index in [0.29, 0.717) is 5.56 Å². The van der Waals surface area contributed by atoms with Gasteiger partial charge in [0.25, 0.3) is 0 Å². The van der Waals surface area contributed by atoms with E-state index in [4.69, 9.17) is 9.84 Å². The average molecular weight is 495 g/mol. The molecule has 2 aromatic rings. The van der Waals surface area contributed by atoms with Crippen LogP contribution in [0.2, 0.25) is 0 Å². The molecule has 0 amide bonds. The molecule has 0 fully saturated rings. The molecule has 36 heavy (non-hydrogen) atoms. The minimum Gasteiger partial charge on any atom is -0.478 e. The Morgan fingerprint density at radius 3 is 1.44 bits per heavy atom. The van der Waals surface area contributed by atoms with Crippen LogP contribution in [0.15, 0.2) is 48.5 Å². The molecule has 0 aliphatic carbocycles. The van der Waals surface area contributed by atoms with E-state index in [1.807, 2.05) is 12.1 Å². The summed E-state index contributed by atoms with van der Waals surface area (Å²) in [5, 5.41) is 9.05. The summed E-state index contributed by atoms with van der Waals surface area (Å²) in [5.41, 5.74) is 3.60. The minimum absolute atomic E-state index is 0.0878. The van der Waals surface area contributed by atoms with Gasteiger partial charge in [-0.3, -0.25) is 0 Å². The quantitative estimate of drug-likeness (QED) is 0.176. The molecule has 2 aromatic carbocycles. The lowest BCUT2D eigenvalue weighted by Gasteiger charge is -2.14. The summed E-state index contributed by atoms with van der Waals surface area (Å²) < 4.78 is 6.07. The van der Waals surface area contributed by atoms with E-state index in [1.165, 1.54) is 102 Å². The summed E-state index contributed by atoms with van der Waals surface area (Å²) in [4.78, 5) is 11.0. The lowest BCUT2D eigenvalue weighted by molar-refractivity contribution is 0.0627. The van der Waals surface area contributed by atoms with Gasteiger partial charge in [0.05, 0.1) is 11.7 Å². The molecule has 0 aromatic heterocycles. The number of unbranched alkanes of at least 4 members (excludes halogenated alkanes) is 15. The van der Waals surface area contributed by atoms with Gasteiger partial charge in [-0.25, -0.2) is 4.79 Å². The monoisotopic (exact) mass is 494 g/mol. The molecule has 0 aliphatic heterocycles. The van der Waals surface area contributed by atoms with Gasteiger partial charge in [-0.2, -0.15) is 0 Å². The van der Waals surface area contributed by atoms with Gasteiger partial charge in [0.15, 0.2) is 0 Å². The van der Waals surface area contributed by atoms with Crippen LogP contribution in [0.3, 0.4) is 0 Å². The summed E-state index contributed by atoms with van der Waals surface area (Å²) in [6.45, 7) is 5.22. The zero-order chi connectivity index (χ0) is 25.8. The van der Waals surface area contributed by atoms with Gasteiger partial charge >= 0.3 is 5.97 Å². The molecule has 0 spiro atoms. The summed E-state index contributed by atoms with van der Waals surface area (Å²) in [6.07, 6.45) is 22.2. The van der Waals surface area contributed by atoms with E-state index in [9.17, 15) is 4.79 Å². The lowest BCUT2D eigenvalue weighted by Crippen LogP contribution is -2.02. The molecule has 1 atom stereocenters. The van der Waals surface area contributed by atoms with Gasteiger partial charge in [0, 0.05) is 6.61 Å². The van der Waals surface area contributed by atoms with Crippen molar-refractivity contribution >= 4 is 5.97 Å². The second-order valence-corrected chi connectivity index (χ2v) is 10.3. The van der Waals surface area contributed by atoms with Gasteiger partial charge < -0.3 is 9.84 Å². The fourth-order valence-electron chi connectivity index (χ4n) is 4.76. The molecule has 0 aliphatic rings. The van der Waals surface area contributed by atoms with Crippen molar-refractivity contribution < 1.29 is 14.6 Å². The molecule has 0 radical (unpaired) electrons. The van der Waals surface area contributed by atoms with Crippen LogP contribution >= 0.6 is 0 Å². The Balaban J connectivity index is 1.45. The van der Waals surface area contributed by atoms with E-state index in [1.54, 1.807) is 12.1 Å². The largest absolute Gasteiger partial charge is 0.478 e. The van der Waals surface area contributed by atoms with E-state index in [0.717, 1.165) is 24.2 Å². The average Bonchev–Trinajstić information content (AvgIpc) is 2.90. The molecule has 1 unspecified atom stereocenters. The van der Waals surface area contributed by atoms with Gasteiger partial charge in [-0.05, 0) is 42.2 Å². The highest BCUT2D eigenvalue weighted by atomic mass is 16.5. The zero-order valence-corrected chi connectivity index (χ0v) is 23.0. The summed E-state index contributed by atoms with van der Waals surface area (Å²) in [7, 11) is 0. The SMILES string of the molecule is CCCCCCCCCCCCCCCCCCOC(C)c1ccc(-c2ccc(C(=O)O)cc2)cc1. The van der Waals surface area contributed by atoms with Crippen molar-refractivity contribution in [1.29, 1.82) is 0 Å². The van der Waals surface area contributed by atoms with E-state index < -0.39 is 5.97 Å². The number of aromatic carboxylic acids is 1. The molecule has 0 heterocycles. The maximum atomic E-state index is 11.0. The van der Waals surface area contributed by atoms with Crippen molar-refractivity contribution in [3.63, 3.8) is 0 Å². The van der Waals surface area contributed by atoms with Crippen LogP contribution in [0, 0.1) is 0 Å². The number of carboxylic acid groups (broad SMARTS) is 1. The first kappa shape index (κ1) is 30.1. The number of carbonyl (C=O) groups is 1. The maximum absolute atomic E-state index is 11.0. The van der Waals surface area contributed by atoms with Crippen LogP contribution in [0.4, 0.5) is 0 Å². The van der Waals surface area contributed by atoms with Crippen molar-refractivity contribution in [2.75, 3.05) is 6.61 Å². The van der Waals surface area contributed by atoms with Crippen LogP contribution in [0.5, 0.6) is 0 Å². The molecule has 3 heteroatoms. The molecule has 1 N–H and O–H groups in total. The molecule has 0 saturated carbocycles. The lowest BCUT2D eigenvalue weighted by atomic mass is 10.0. The Hall–Kier alpha value is -2.13. The van der Waals surface area contributed by atoms with Crippen LogP contribution in [0.1, 0.15) is 139 Å². The Bertz CT molecular complexity index is 810. The Labute approximate surface area is 220 Å². The van der Waals surface area contributed by atoms with Gasteiger partial charge in [0.1, 0.15) is 0 Å². The highest BCUT2D eigenvalue weighted by Gasteiger charge is 2.07. The Kier molecular flexibility index (Phi) is 15.9. The smallest absolute Gasteiger partial charge is 0.335 e. The van der Waals surface area contributed by atoms with Crippen LogP contribution in [0.25, 0.3) is 11.1 Å². The standard InChI is InChI=1S/C33H50O3/c1-3-4-5-6-7-8-9-10-11-12-13-14-15-16-17-18-27-36-28(2)29-19-21-30(22-20-29)31-23-25-32(26-24-31)33(34)35/h19-26,28H,3-18,27H2,1-2H3,(H,34,35).